The Kier molecular flexibility index (Phi) is 4.06. The molecule has 0 aromatic heterocycles. The first-order chi connectivity index (χ1) is 8.60. The molecular weight excluding hydrogens is 234 g/mol. The monoisotopic (exact) mass is 255 g/mol. The van der Waals surface area contributed by atoms with Crippen molar-refractivity contribution in [3.05, 3.63) is 0 Å². The zero-order chi connectivity index (χ0) is 13.1. The summed E-state index contributed by atoms with van der Waals surface area (Å²) in [6.45, 7) is 3.91. The largest absolute Gasteiger partial charge is 0.480 e. The summed E-state index contributed by atoms with van der Waals surface area (Å²) in [7, 11) is 0. The molecule has 0 radical (unpaired) electrons. The van der Waals surface area contributed by atoms with Crippen molar-refractivity contribution in [1.82, 2.24) is 15.1 Å². The van der Waals surface area contributed by atoms with Crippen LogP contribution in [-0.2, 0) is 4.79 Å². The second-order valence-electron chi connectivity index (χ2n) is 5.07. The van der Waals surface area contributed by atoms with Crippen molar-refractivity contribution in [2.45, 2.75) is 38.3 Å². The number of rotatable bonds is 5. The summed E-state index contributed by atoms with van der Waals surface area (Å²) in [5, 5.41) is 11.6. The molecule has 0 aromatic carbocycles. The third-order valence-electron chi connectivity index (χ3n) is 3.61. The van der Waals surface area contributed by atoms with Crippen LogP contribution in [0.2, 0.25) is 0 Å². The third-order valence-corrected chi connectivity index (χ3v) is 3.61. The van der Waals surface area contributed by atoms with Gasteiger partial charge in [-0.05, 0) is 26.2 Å². The number of likely N-dealkylation sites (N-methyl/N-ethyl adjacent to an activating group) is 1. The number of carbonyl (C=O) groups excluding carboxylic acids is 1. The molecule has 0 spiro atoms. The lowest BCUT2D eigenvalue weighted by atomic mass is 10.3. The minimum atomic E-state index is -0.974. The third kappa shape index (κ3) is 3.35. The quantitative estimate of drug-likeness (QED) is 0.743. The molecule has 2 fully saturated rings. The maximum atomic E-state index is 11.9. The van der Waals surface area contributed by atoms with Crippen molar-refractivity contribution in [2.24, 2.45) is 0 Å². The maximum Gasteiger partial charge on any atom is 0.323 e. The van der Waals surface area contributed by atoms with Gasteiger partial charge in [0.1, 0.15) is 6.54 Å². The van der Waals surface area contributed by atoms with Gasteiger partial charge in [-0.2, -0.15) is 0 Å². The van der Waals surface area contributed by atoms with Crippen molar-refractivity contribution in [3.63, 3.8) is 0 Å². The van der Waals surface area contributed by atoms with Crippen molar-refractivity contribution in [1.29, 1.82) is 0 Å². The van der Waals surface area contributed by atoms with Crippen LogP contribution in [0.1, 0.15) is 26.2 Å². The first-order valence-corrected chi connectivity index (χ1v) is 6.61. The summed E-state index contributed by atoms with van der Waals surface area (Å²) < 4.78 is 0. The van der Waals surface area contributed by atoms with Gasteiger partial charge >= 0.3 is 12.0 Å². The van der Waals surface area contributed by atoms with Gasteiger partial charge in [0.25, 0.3) is 0 Å². The van der Waals surface area contributed by atoms with Gasteiger partial charge in [-0.1, -0.05) is 0 Å². The number of carboxylic acid groups (broad SMARTS) is 1. The molecule has 2 amide bonds. The van der Waals surface area contributed by atoms with Crippen molar-refractivity contribution < 1.29 is 14.7 Å². The van der Waals surface area contributed by atoms with Crippen LogP contribution < -0.4 is 5.32 Å². The number of carboxylic acids is 1. The van der Waals surface area contributed by atoms with Crippen LogP contribution in [0.3, 0.4) is 0 Å². The van der Waals surface area contributed by atoms with Crippen molar-refractivity contribution in [2.75, 3.05) is 26.2 Å². The van der Waals surface area contributed by atoms with E-state index in [-0.39, 0.29) is 18.6 Å². The zero-order valence-electron chi connectivity index (χ0n) is 10.8. The lowest BCUT2D eigenvalue weighted by Crippen LogP contribution is -2.47. The van der Waals surface area contributed by atoms with Crippen molar-refractivity contribution in [3.8, 4) is 0 Å². The number of aliphatic carboxylic acids is 1. The first-order valence-electron chi connectivity index (χ1n) is 6.61. The molecule has 1 saturated carbocycles. The molecule has 1 heterocycles. The zero-order valence-corrected chi connectivity index (χ0v) is 10.8. The van der Waals surface area contributed by atoms with Crippen LogP contribution in [0, 0.1) is 0 Å². The molecule has 2 rings (SSSR count). The molecule has 102 valence electrons. The topological polar surface area (TPSA) is 72.9 Å². The Labute approximate surface area is 107 Å². The van der Waals surface area contributed by atoms with Crippen LogP contribution in [0.5, 0.6) is 0 Å². The van der Waals surface area contributed by atoms with E-state index in [9.17, 15) is 9.59 Å². The second-order valence-corrected chi connectivity index (χ2v) is 5.07. The summed E-state index contributed by atoms with van der Waals surface area (Å²) >= 11 is 0. The van der Waals surface area contributed by atoms with Gasteiger partial charge in [-0.15, -0.1) is 0 Å². The number of hydrogen-bond acceptors (Lipinski definition) is 3. The number of carbonyl (C=O) groups is 2. The van der Waals surface area contributed by atoms with Gasteiger partial charge in [0.15, 0.2) is 0 Å². The van der Waals surface area contributed by atoms with Crippen LogP contribution >= 0.6 is 0 Å². The Bertz CT molecular complexity index is 331. The second kappa shape index (κ2) is 5.56. The molecule has 6 nitrogen and oxygen atoms in total. The molecule has 1 unspecified atom stereocenters. The molecule has 1 aliphatic heterocycles. The summed E-state index contributed by atoms with van der Waals surface area (Å²) in [6, 6.07) is 0.636. The fourth-order valence-corrected chi connectivity index (χ4v) is 2.43. The van der Waals surface area contributed by atoms with Crippen LogP contribution in [0.25, 0.3) is 0 Å². The van der Waals surface area contributed by atoms with Gasteiger partial charge in [0, 0.05) is 31.7 Å². The molecule has 2 N–H and O–H groups in total. The minimum Gasteiger partial charge on any atom is -0.480 e. The van der Waals surface area contributed by atoms with Crippen LogP contribution in [0.15, 0.2) is 0 Å². The standard InChI is InChI=1S/C12H21N3O3/c1-2-14(8-11(16)17)12(18)13-9-5-6-15(7-9)10-3-4-10/h9-10H,2-8H2,1H3,(H,13,18)(H,16,17). The molecule has 6 heteroatoms. The Morgan fingerprint density at radius 1 is 1.39 bits per heavy atom. The van der Waals surface area contributed by atoms with Crippen LogP contribution in [0.4, 0.5) is 4.79 Å². The molecular formula is C12H21N3O3. The number of hydrogen-bond donors (Lipinski definition) is 2. The average Bonchev–Trinajstić information content (AvgIpc) is 3.07. The van der Waals surface area contributed by atoms with E-state index >= 15 is 0 Å². The Hall–Kier alpha value is -1.30. The van der Waals surface area contributed by atoms with E-state index < -0.39 is 5.97 Å². The van der Waals surface area contributed by atoms with Gasteiger partial charge < -0.3 is 15.3 Å². The van der Waals surface area contributed by atoms with E-state index in [0.29, 0.717) is 6.54 Å². The molecule has 18 heavy (non-hydrogen) atoms. The fourth-order valence-electron chi connectivity index (χ4n) is 2.43. The van der Waals surface area contributed by atoms with E-state index in [1.54, 1.807) is 6.92 Å². The molecule has 1 saturated heterocycles. The maximum absolute atomic E-state index is 11.9. The van der Waals surface area contributed by atoms with Gasteiger partial charge in [0.2, 0.25) is 0 Å². The fraction of sp³-hybridized carbons (Fsp3) is 0.833. The number of urea groups is 1. The summed E-state index contributed by atoms with van der Waals surface area (Å²) in [5.74, 6) is -0.974. The first kappa shape index (κ1) is 13.1. The predicted octanol–water partition coefficient (Wildman–Crippen LogP) is 0.339. The van der Waals surface area contributed by atoms with E-state index in [4.69, 9.17) is 5.11 Å². The van der Waals surface area contributed by atoms with E-state index in [2.05, 4.69) is 10.2 Å². The molecule has 2 aliphatic rings. The molecule has 1 aliphatic carbocycles. The van der Waals surface area contributed by atoms with Crippen molar-refractivity contribution >= 4 is 12.0 Å². The summed E-state index contributed by atoms with van der Waals surface area (Å²) in [4.78, 5) is 26.3. The van der Waals surface area contributed by atoms with E-state index in [0.717, 1.165) is 25.6 Å². The Morgan fingerprint density at radius 2 is 2.11 bits per heavy atom. The van der Waals surface area contributed by atoms with E-state index in [1.165, 1.54) is 17.7 Å². The van der Waals surface area contributed by atoms with E-state index in [1.807, 2.05) is 0 Å². The highest BCUT2D eigenvalue weighted by atomic mass is 16.4. The summed E-state index contributed by atoms with van der Waals surface area (Å²) in [5.41, 5.74) is 0. The van der Waals surface area contributed by atoms with Crippen LogP contribution in [-0.4, -0.2) is 65.2 Å². The number of nitrogens with one attached hydrogen (secondary N) is 1. The Morgan fingerprint density at radius 3 is 2.67 bits per heavy atom. The molecule has 0 aromatic rings. The molecule has 1 atom stereocenters. The average molecular weight is 255 g/mol. The lowest BCUT2D eigenvalue weighted by Gasteiger charge is -2.22. The highest BCUT2D eigenvalue weighted by Gasteiger charge is 2.35. The molecule has 0 bridgehead atoms. The van der Waals surface area contributed by atoms with Gasteiger partial charge in [-0.3, -0.25) is 9.69 Å². The summed E-state index contributed by atoms with van der Waals surface area (Å²) in [6.07, 6.45) is 3.52. The smallest absolute Gasteiger partial charge is 0.323 e. The highest BCUT2D eigenvalue weighted by molar-refractivity contribution is 5.80. The number of likely N-dealkylation sites (tertiary alicyclic amines) is 1. The number of amides is 2. The number of nitrogens with zero attached hydrogens (tertiary/aromatic N) is 2. The minimum absolute atomic E-state index is 0.168. The lowest BCUT2D eigenvalue weighted by molar-refractivity contribution is -0.137. The normalized spacial score (nSPS) is 23.9. The Balaban J connectivity index is 1.77. The van der Waals surface area contributed by atoms with Gasteiger partial charge in [0.05, 0.1) is 0 Å². The predicted molar refractivity (Wildman–Crippen MR) is 66.4 cm³/mol. The van der Waals surface area contributed by atoms with Gasteiger partial charge in [-0.25, -0.2) is 4.79 Å². The highest BCUT2D eigenvalue weighted by Crippen LogP contribution is 2.29. The SMILES string of the molecule is CCN(CC(=O)O)C(=O)NC1CCN(C2CC2)C1.